The number of nitrogens with zero attached hydrogens (tertiary/aromatic N) is 2. The molecule has 0 fully saturated rings. The molecule has 0 aromatic heterocycles. The van der Waals surface area contributed by atoms with Crippen molar-refractivity contribution >= 4 is 11.9 Å². The van der Waals surface area contributed by atoms with E-state index in [1.165, 1.54) is 6.20 Å². The van der Waals surface area contributed by atoms with Crippen molar-refractivity contribution in [2.75, 3.05) is 19.8 Å². The molecule has 0 bridgehead atoms. The zero-order valence-electron chi connectivity index (χ0n) is 14.0. The van der Waals surface area contributed by atoms with Crippen LogP contribution in [0.5, 0.6) is 0 Å². The van der Waals surface area contributed by atoms with Gasteiger partial charge in [-0.3, -0.25) is 4.79 Å². The van der Waals surface area contributed by atoms with Crippen LogP contribution in [0.25, 0.3) is 0 Å². The number of hydrogen-bond acceptors (Lipinski definition) is 6. The Morgan fingerprint density at radius 3 is 2.42 bits per heavy atom. The summed E-state index contributed by atoms with van der Waals surface area (Å²) in [6, 6.07) is 11.4. The molecule has 0 aliphatic rings. The Labute approximate surface area is 142 Å². The van der Waals surface area contributed by atoms with Gasteiger partial charge in [0.05, 0.1) is 19.6 Å². The van der Waals surface area contributed by atoms with Crippen molar-refractivity contribution in [3.05, 3.63) is 47.7 Å². The van der Waals surface area contributed by atoms with Crippen LogP contribution < -0.4 is 0 Å². The van der Waals surface area contributed by atoms with Crippen LogP contribution >= 0.6 is 0 Å². The number of rotatable bonds is 9. The van der Waals surface area contributed by atoms with Crippen molar-refractivity contribution in [3.63, 3.8) is 0 Å². The molecule has 1 aromatic rings. The molecule has 0 aliphatic carbocycles. The van der Waals surface area contributed by atoms with E-state index in [9.17, 15) is 9.59 Å². The third-order valence-electron chi connectivity index (χ3n) is 3.06. The molecule has 0 unspecified atom stereocenters. The first-order valence-electron chi connectivity index (χ1n) is 7.83. The first-order chi connectivity index (χ1) is 11.6. The van der Waals surface area contributed by atoms with Crippen LogP contribution in [0.3, 0.4) is 0 Å². The average Bonchev–Trinajstić information content (AvgIpc) is 2.58. The maximum Gasteiger partial charge on any atom is 0.350 e. The zero-order chi connectivity index (χ0) is 17.8. The fourth-order valence-electron chi connectivity index (χ4n) is 1.99. The summed E-state index contributed by atoms with van der Waals surface area (Å²) in [7, 11) is 0. The number of hydrogen-bond donors (Lipinski definition) is 0. The lowest BCUT2D eigenvalue weighted by Crippen LogP contribution is -2.23. The minimum atomic E-state index is -0.672. The van der Waals surface area contributed by atoms with Gasteiger partial charge >= 0.3 is 11.9 Å². The molecule has 0 saturated heterocycles. The Balaban J connectivity index is 2.88. The van der Waals surface area contributed by atoms with E-state index in [-0.39, 0.29) is 24.6 Å². The molecule has 128 valence electrons. The number of ether oxygens (including phenoxy) is 2. The van der Waals surface area contributed by atoms with E-state index in [0.717, 1.165) is 5.56 Å². The molecule has 6 nitrogen and oxygen atoms in total. The lowest BCUT2D eigenvalue weighted by atomic mass is 10.2. The van der Waals surface area contributed by atoms with Gasteiger partial charge in [0.1, 0.15) is 6.07 Å². The molecule has 0 heterocycles. The highest BCUT2D eigenvalue weighted by atomic mass is 16.5. The van der Waals surface area contributed by atoms with Crippen LogP contribution in [0.4, 0.5) is 0 Å². The minimum Gasteiger partial charge on any atom is -0.466 e. The van der Waals surface area contributed by atoms with Gasteiger partial charge in [0.25, 0.3) is 0 Å². The predicted octanol–water partition coefficient (Wildman–Crippen LogP) is 2.41. The van der Waals surface area contributed by atoms with Crippen molar-refractivity contribution in [1.29, 1.82) is 5.26 Å². The normalized spacial score (nSPS) is 10.6. The first-order valence-corrected chi connectivity index (χ1v) is 7.83. The van der Waals surface area contributed by atoms with Crippen LogP contribution in [0.1, 0.15) is 25.8 Å². The summed E-state index contributed by atoms with van der Waals surface area (Å²) >= 11 is 0. The van der Waals surface area contributed by atoms with Gasteiger partial charge in [-0.2, -0.15) is 5.26 Å². The Hall–Kier alpha value is -2.81. The molecular weight excluding hydrogens is 308 g/mol. The van der Waals surface area contributed by atoms with Crippen molar-refractivity contribution in [1.82, 2.24) is 4.90 Å². The lowest BCUT2D eigenvalue weighted by molar-refractivity contribution is -0.143. The number of carbonyl (C=O) groups excluding carboxylic acids is 2. The minimum absolute atomic E-state index is 0.100. The average molecular weight is 330 g/mol. The number of nitriles is 1. The van der Waals surface area contributed by atoms with Crippen molar-refractivity contribution < 1.29 is 19.1 Å². The molecule has 0 aliphatic heterocycles. The van der Waals surface area contributed by atoms with Crippen molar-refractivity contribution in [3.8, 4) is 6.07 Å². The summed E-state index contributed by atoms with van der Waals surface area (Å²) in [5, 5.41) is 9.16. The Morgan fingerprint density at radius 1 is 1.17 bits per heavy atom. The molecule has 0 radical (unpaired) electrons. The lowest BCUT2D eigenvalue weighted by Gasteiger charge is -2.20. The largest absolute Gasteiger partial charge is 0.466 e. The molecule has 24 heavy (non-hydrogen) atoms. The fourth-order valence-corrected chi connectivity index (χ4v) is 1.99. The van der Waals surface area contributed by atoms with Crippen LogP contribution in [0.15, 0.2) is 42.1 Å². The number of carbonyl (C=O) groups is 2. The summed E-state index contributed by atoms with van der Waals surface area (Å²) in [5.41, 5.74) is 0.899. The first kappa shape index (κ1) is 19.2. The third-order valence-corrected chi connectivity index (χ3v) is 3.06. The van der Waals surface area contributed by atoms with E-state index >= 15 is 0 Å². The Bertz CT molecular complexity index is 605. The van der Waals surface area contributed by atoms with Crippen molar-refractivity contribution in [2.24, 2.45) is 0 Å². The zero-order valence-corrected chi connectivity index (χ0v) is 14.0. The van der Waals surface area contributed by atoms with Gasteiger partial charge in [0, 0.05) is 19.3 Å². The molecular formula is C18H22N2O4. The highest BCUT2D eigenvalue weighted by molar-refractivity contribution is 5.92. The summed E-state index contributed by atoms with van der Waals surface area (Å²) in [4.78, 5) is 25.1. The van der Waals surface area contributed by atoms with E-state index in [4.69, 9.17) is 14.7 Å². The van der Waals surface area contributed by atoms with Gasteiger partial charge in [-0.05, 0) is 19.4 Å². The maximum atomic E-state index is 11.8. The fraction of sp³-hybridized carbons (Fsp3) is 0.389. The summed E-state index contributed by atoms with van der Waals surface area (Å²) < 4.78 is 9.78. The molecule has 6 heteroatoms. The molecule has 1 aromatic carbocycles. The second kappa shape index (κ2) is 10.8. The van der Waals surface area contributed by atoms with Crippen LogP contribution in [0.2, 0.25) is 0 Å². The SMILES string of the molecule is CCOC(=O)CCN(/C=C(\C#N)C(=O)OCC)Cc1ccccc1. The number of esters is 2. The summed E-state index contributed by atoms with van der Waals surface area (Å²) in [5.74, 6) is -0.993. The summed E-state index contributed by atoms with van der Waals surface area (Å²) in [6.45, 7) is 4.73. The Kier molecular flexibility index (Phi) is 8.69. The van der Waals surface area contributed by atoms with Gasteiger partial charge in [0.15, 0.2) is 5.57 Å². The highest BCUT2D eigenvalue weighted by Crippen LogP contribution is 2.09. The topological polar surface area (TPSA) is 79.6 Å². The highest BCUT2D eigenvalue weighted by Gasteiger charge is 2.14. The maximum absolute atomic E-state index is 11.8. The van der Waals surface area contributed by atoms with Gasteiger partial charge in [-0.1, -0.05) is 30.3 Å². The second-order valence-corrected chi connectivity index (χ2v) is 4.89. The van der Waals surface area contributed by atoms with E-state index in [2.05, 4.69) is 0 Å². The van der Waals surface area contributed by atoms with Crippen molar-refractivity contribution in [2.45, 2.75) is 26.8 Å². The third kappa shape index (κ3) is 6.97. The summed E-state index contributed by atoms with van der Waals surface area (Å²) in [6.07, 6.45) is 1.60. The van der Waals surface area contributed by atoms with E-state index < -0.39 is 5.97 Å². The quantitative estimate of drug-likeness (QED) is 0.393. The van der Waals surface area contributed by atoms with E-state index in [1.54, 1.807) is 18.7 Å². The number of benzene rings is 1. The van der Waals surface area contributed by atoms with Crippen LogP contribution in [-0.4, -0.2) is 36.6 Å². The van der Waals surface area contributed by atoms with Gasteiger partial charge in [-0.15, -0.1) is 0 Å². The van der Waals surface area contributed by atoms with Gasteiger partial charge in [0.2, 0.25) is 0 Å². The monoisotopic (exact) mass is 330 g/mol. The molecule has 0 atom stereocenters. The molecule has 0 N–H and O–H groups in total. The van der Waals surface area contributed by atoms with Gasteiger partial charge in [-0.25, -0.2) is 4.79 Å². The van der Waals surface area contributed by atoms with E-state index in [0.29, 0.717) is 19.7 Å². The van der Waals surface area contributed by atoms with Gasteiger partial charge < -0.3 is 14.4 Å². The molecule has 0 spiro atoms. The second-order valence-electron chi connectivity index (χ2n) is 4.89. The smallest absolute Gasteiger partial charge is 0.350 e. The molecule has 0 amide bonds. The standard InChI is InChI=1S/C18H22N2O4/c1-3-23-17(21)10-11-20(13-15-8-6-5-7-9-15)14-16(12-19)18(22)24-4-2/h5-9,14H,3-4,10-11,13H2,1-2H3/b16-14+. The molecule has 0 saturated carbocycles. The van der Waals surface area contributed by atoms with Crippen LogP contribution in [0, 0.1) is 11.3 Å². The predicted molar refractivity (Wildman–Crippen MR) is 88.4 cm³/mol. The van der Waals surface area contributed by atoms with Crippen LogP contribution in [-0.2, 0) is 25.6 Å². The van der Waals surface area contributed by atoms with E-state index in [1.807, 2.05) is 36.4 Å². The Morgan fingerprint density at radius 2 is 1.83 bits per heavy atom. The molecule has 1 rings (SSSR count).